The first-order valence-corrected chi connectivity index (χ1v) is 5.74. The van der Waals surface area contributed by atoms with Crippen molar-refractivity contribution < 1.29 is 9.18 Å². The fourth-order valence-corrected chi connectivity index (χ4v) is 1.78. The highest BCUT2D eigenvalue weighted by Crippen LogP contribution is 2.19. The van der Waals surface area contributed by atoms with Crippen LogP contribution in [0.25, 0.3) is 0 Å². The topological polar surface area (TPSA) is 52.9 Å². The van der Waals surface area contributed by atoms with Crippen molar-refractivity contribution in [3.63, 3.8) is 0 Å². The Kier molecular flexibility index (Phi) is 3.79. The number of carbonyl (C=O) groups excluding carboxylic acids is 1. The van der Waals surface area contributed by atoms with Gasteiger partial charge < -0.3 is 5.32 Å². The number of anilines is 1. The van der Waals surface area contributed by atoms with Crippen molar-refractivity contribution >= 4 is 23.2 Å². The molecule has 0 atom stereocenters. The van der Waals surface area contributed by atoms with Gasteiger partial charge in [-0.2, -0.15) is 5.26 Å². The minimum absolute atomic E-state index is 0.195. The highest BCUT2D eigenvalue weighted by Gasteiger charge is 2.08. The number of halogens is 2. The molecule has 2 rings (SSSR count). The fourth-order valence-electron chi connectivity index (χ4n) is 1.56. The summed E-state index contributed by atoms with van der Waals surface area (Å²) in [6, 6.07) is 11.9. The van der Waals surface area contributed by atoms with E-state index in [1.807, 2.05) is 6.07 Å². The van der Waals surface area contributed by atoms with E-state index in [2.05, 4.69) is 5.32 Å². The standard InChI is InChI=1S/C14H8ClFN2O/c15-11-5-12(16)7-13(6-11)18-14(19)10-3-1-2-9(4-10)8-17/h1-7H,(H,18,19). The van der Waals surface area contributed by atoms with Crippen LogP contribution in [0.1, 0.15) is 15.9 Å². The Morgan fingerprint density at radius 3 is 2.74 bits per heavy atom. The van der Waals surface area contributed by atoms with Crippen LogP contribution in [0.15, 0.2) is 42.5 Å². The first kappa shape index (κ1) is 13.1. The molecule has 5 heteroatoms. The Hall–Kier alpha value is -2.38. The summed E-state index contributed by atoms with van der Waals surface area (Å²) in [7, 11) is 0. The van der Waals surface area contributed by atoms with E-state index < -0.39 is 11.7 Å². The molecule has 94 valence electrons. The van der Waals surface area contributed by atoms with Crippen LogP contribution in [-0.4, -0.2) is 5.91 Å². The maximum Gasteiger partial charge on any atom is 0.255 e. The second kappa shape index (κ2) is 5.51. The summed E-state index contributed by atoms with van der Waals surface area (Å²) >= 11 is 5.69. The lowest BCUT2D eigenvalue weighted by Crippen LogP contribution is -2.12. The molecule has 0 radical (unpaired) electrons. The van der Waals surface area contributed by atoms with Gasteiger partial charge in [-0.05, 0) is 36.4 Å². The van der Waals surface area contributed by atoms with Gasteiger partial charge in [-0.25, -0.2) is 4.39 Å². The molecule has 1 amide bonds. The quantitative estimate of drug-likeness (QED) is 0.909. The van der Waals surface area contributed by atoms with Crippen LogP contribution in [0.5, 0.6) is 0 Å². The van der Waals surface area contributed by atoms with Crippen LogP contribution in [0, 0.1) is 17.1 Å². The maximum absolute atomic E-state index is 13.1. The van der Waals surface area contributed by atoms with Crippen molar-refractivity contribution in [2.24, 2.45) is 0 Å². The summed E-state index contributed by atoms with van der Waals surface area (Å²) in [4.78, 5) is 11.9. The highest BCUT2D eigenvalue weighted by atomic mass is 35.5. The second-order valence-electron chi connectivity index (χ2n) is 3.80. The monoisotopic (exact) mass is 274 g/mol. The lowest BCUT2D eigenvalue weighted by atomic mass is 10.1. The van der Waals surface area contributed by atoms with Gasteiger partial charge in [0.2, 0.25) is 0 Å². The number of carbonyl (C=O) groups is 1. The lowest BCUT2D eigenvalue weighted by Gasteiger charge is -2.06. The Labute approximate surface area is 114 Å². The van der Waals surface area contributed by atoms with Crippen molar-refractivity contribution in [1.82, 2.24) is 0 Å². The van der Waals surface area contributed by atoms with E-state index in [4.69, 9.17) is 16.9 Å². The predicted molar refractivity (Wildman–Crippen MR) is 70.5 cm³/mol. The number of nitrogens with zero attached hydrogens (tertiary/aromatic N) is 1. The van der Waals surface area contributed by atoms with E-state index in [1.165, 1.54) is 12.1 Å². The SMILES string of the molecule is N#Cc1cccc(C(=O)Nc2cc(F)cc(Cl)c2)c1. The van der Waals surface area contributed by atoms with E-state index >= 15 is 0 Å². The zero-order chi connectivity index (χ0) is 13.8. The van der Waals surface area contributed by atoms with Crippen LogP contribution in [0.3, 0.4) is 0 Å². The van der Waals surface area contributed by atoms with Crippen molar-refractivity contribution in [3.05, 3.63) is 64.4 Å². The molecule has 0 saturated carbocycles. The minimum Gasteiger partial charge on any atom is -0.322 e. The summed E-state index contributed by atoms with van der Waals surface area (Å²) in [6.45, 7) is 0. The molecule has 0 aliphatic rings. The van der Waals surface area contributed by atoms with Gasteiger partial charge in [-0.1, -0.05) is 17.7 Å². The Balaban J connectivity index is 2.23. The van der Waals surface area contributed by atoms with E-state index in [0.29, 0.717) is 11.1 Å². The van der Waals surface area contributed by atoms with Crippen molar-refractivity contribution in [2.45, 2.75) is 0 Å². The van der Waals surface area contributed by atoms with Crippen LogP contribution < -0.4 is 5.32 Å². The summed E-state index contributed by atoms with van der Waals surface area (Å²) in [5.74, 6) is -0.965. The second-order valence-corrected chi connectivity index (χ2v) is 4.24. The molecule has 0 heterocycles. The van der Waals surface area contributed by atoms with E-state index in [0.717, 1.165) is 12.1 Å². The molecule has 0 aliphatic heterocycles. The Bertz CT molecular complexity index is 659. The fraction of sp³-hybridized carbons (Fsp3) is 0. The van der Waals surface area contributed by atoms with Crippen molar-refractivity contribution in [3.8, 4) is 6.07 Å². The third-order valence-electron chi connectivity index (χ3n) is 2.37. The van der Waals surface area contributed by atoms with Gasteiger partial charge in [-0.15, -0.1) is 0 Å². The molecule has 0 saturated heterocycles. The average molecular weight is 275 g/mol. The number of hydrogen-bond donors (Lipinski definition) is 1. The van der Waals surface area contributed by atoms with E-state index in [9.17, 15) is 9.18 Å². The highest BCUT2D eigenvalue weighted by molar-refractivity contribution is 6.31. The van der Waals surface area contributed by atoms with Crippen LogP contribution in [-0.2, 0) is 0 Å². The van der Waals surface area contributed by atoms with Crippen molar-refractivity contribution in [2.75, 3.05) is 5.32 Å². The van der Waals surface area contributed by atoms with E-state index in [1.54, 1.807) is 18.2 Å². The molecule has 19 heavy (non-hydrogen) atoms. The van der Waals surface area contributed by atoms with E-state index in [-0.39, 0.29) is 10.7 Å². The van der Waals surface area contributed by atoms with Gasteiger partial charge in [0, 0.05) is 16.3 Å². The third-order valence-corrected chi connectivity index (χ3v) is 2.59. The average Bonchev–Trinajstić information content (AvgIpc) is 2.37. The van der Waals surface area contributed by atoms with Crippen LogP contribution in [0.4, 0.5) is 10.1 Å². The number of nitrogens with one attached hydrogen (secondary N) is 1. The number of amides is 1. The molecule has 2 aromatic rings. The normalized spacial score (nSPS) is 9.74. The lowest BCUT2D eigenvalue weighted by molar-refractivity contribution is 0.102. The van der Waals surface area contributed by atoms with Crippen molar-refractivity contribution in [1.29, 1.82) is 5.26 Å². The number of rotatable bonds is 2. The summed E-state index contributed by atoms with van der Waals surface area (Å²) in [5, 5.41) is 11.5. The molecular formula is C14H8ClFN2O. The first-order valence-electron chi connectivity index (χ1n) is 5.36. The van der Waals surface area contributed by atoms with Gasteiger partial charge in [0.25, 0.3) is 5.91 Å². The number of nitriles is 1. The number of benzene rings is 2. The molecular weight excluding hydrogens is 267 g/mol. The maximum atomic E-state index is 13.1. The Morgan fingerprint density at radius 2 is 2.05 bits per heavy atom. The molecule has 0 aromatic heterocycles. The van der Waals surface area contributed by atoms with Gasteiger partial charge >= 0.3 is 0 Å². The molecule has 0 bridgehead atoms. The summed E-state index contributed by atoms with van der Waals surface area (Å²) in [6.07, 6.45) is 0. The molecule has 0 fully saturated rings. The molecule has 0 spiro atoms. The number of hydrogen-bond acceptors (Lipinski definition) is 2. The summed E-state index contributed by atoms with van der Waals surface area (Å²) < 4.78 is 13.1. The minimum atomic E-state index is -0.534. The largest absolute Gasteiger partial charge is 0.322 e. The van der Waals surface area contributed by atoms with Gasteiger partial charge in [-0.3, -0.25) is 4.79 Å². The van der Waals surface area contributed by atoms with Gasteiger partial charge in [0.15, 0.2) is 0 Å². The molecule has 1 N–H and O–H groups in total. The molecule has 0 aliphatic carbocycles. The van der Waals surface area contributed by atoms with Crippen LogP contribution >= 0.6 is 11.6 Å². The molecule has 3 nitrogen and oxygen atoms in total. The first-order chi connectivity index (χ1) is 9.08. The Morgan fingerprint density at radius 1 is 1.26 bits per heavy atom. The predicted octanol–water partition coefficient (Wildman–Crippen LogP) is 3.60. The summed E-state index contributed by atoms with van der Waals surface area (Å²) in [5.41, 5.74) is 0.960. The molecule has 2 aromatic carbocycles. The molecule has 0 unspecified atom stereocenters. The smallest absolute Gasteiger partial charge is 0.255 e. The zero-order valence-electron chi connectivity index (χ0n) is 9.65. The zero-order valence-corrected chi connectivity index (χ0v) is 10.4. The van der Waals surface area contributed by atoms with Gasteiger partial charge in [0.05, 0.1) is 11.6 Å². The third kappa shape index (κ3) is 3.30. The van der Waals surface area contributed by atoms with Gasteiger partial charge in [0.1, 0.15) is 5.82 Å². The van der Waals surface area contributed by atoms with Crippen LogP contribution in [0.2, 0.25) is 5.02 Å².